The van der Waals surface area contributed by atoms with Crippen LogP contribution in [0.1, 0.15) is 31.1 Å². The summed E-state index contributed by atoms with van der Waals surface area (Å²) in [6.07, 6.45) is 0. The standard InChI is InChI=1S/C24H34N4O5S/c1-19(2)7-6-10-27-22(29)16-31-13-14-33-24(3,34-18-25)17-32-21-9-5-8-20(15-21)23(30)28-12-11-26-4/h5,8-9,15,19,26H,10-14,16-17H2,1-4H3,(H,27,29)(H,28,30)/t24-/m1/s1. The Morgan fingerprint density at radius 2 is 2.00 bits per heavy atom. The number of thioether (sulfide) groups is 1. The molecule has 186 valence electrons. The van der Waals surface area contributed by atoms with Crippen LogP contribution in [0.3, 0.4) is 0 Å². The van der Waals surface area contributed by atoms with E-state index in [9.17, 15) is 9.59 Å². The zero-order valence-corrected chi connectivity index (χ0v) is 21.0. The second-order valence-electron chi connectivity index (χ2n) is 7.66. The molecule has 0 heterocycles. The summed E-state index contributed by atoms with van der Waals surface area (Å²) in [5.41, 5.74) is 0.478. The van der Waals surface area contributed by atoms with Crippen molar-refractivity contribution in [3.05, 3.63) is 29.8 Å². The van der Waals surface area contributed by atoms with E-state index in [2.05, 4.69) is 27.8 Å². The van der Waals surface area contributed by atoms with E-state index in [1.165, 1.54) is 0 Å². The van der Waals surface area contributed by atoms with E-state index >= 15 is 0 Å². The molecule has 0 radical (unpaired) electrons. The molecule has 3 N–H and O–H groups in total. The van der Waals surface area contributed by atoms with Crippen LogP contribution in [0, 0.1) is 28.4 Å². The Bertz CT molecular complexity index is 878. The molecule has 0 spiro atoms. The summed E-state index contributed by atoms with van der Waals surface area (Å²) in [7, 11) is 1.81. The molecule has 0 fully saturated rings. The third-order valence-corrected chi connectivity index (χ3v) is 4.91. The normalized spacial score (nSPS) is 12.1. The van der Waals surface area contributed by atoms with E-state index < -0.39 is 4.93 Å². The third-order valence-electron chi connectivity index (χ3n) is 4.15. The molecule has 0 saturated heterocycles. The molecule has 10 heteroatoms. The lowest BCUT2D eigenvalue weighted by Crippen LogP contribution is -2.34. The van der Waals surface area contributed by atoms with Crippen LogP contribution in [-0.2, 0) is 14.3 Å². The Balaban J connectivity index is 2.44. The molecule has 0 aliphatic rings. The first-order chi connectivity index (χ1) is 16.3. The first kappa shape index (κ1) is 29.3. The van der Waals surface area contributed by atoms with Crippen LogP contribution in [0.25, 0.3) is 0 Å². The zero-order valence-electron chi connectivity index (χ0n) is 20.2. The molecular formula is C24H34N4O5S. The van der Waals surface area contributed by atoms with Crippen molar-refractivity contribution in [3.63, 3.8) is 0 Å². The topological polar surface area (TPSA) is 122 Å². The number of ether oxygens (including phenoxy) is 3. The van der Waals surface area contributed by atoms with Crippen molar-refractivity contribution in [2.45, 2.75) is 25.7 Å². The number of nitrogens with one attached hydrogen (secondary N) is 3. The number of hydrogen-bond acceptors (Lipinski definition) is 8. The van der Waals surface area contributed by atoms with Crippen LogP contribution < -0.4 is 20.7 Å². The van der Waals surface area contributed by atoms with E-state index in [0.29, 0.717) is 24.4 Å². The number of thiocyanates is 1. The van der Waals surface area contributed by atoms with Crippen molar-refractivity contribution in [2.24, 2.45) is 5.92 Å². The number of nitriles is 1. The van der Waals surface area contributed by atoms with Crippen LogP contribution in [0.4, 0.5) is 0 Å². The van der Waals surface area contributed by atoms with Gasteiger partial charge in [-0.25, -0.2) is 0 Å². The molecule has 0 saturated carbocycles. The minimum atomic E-state index is -0.960. The third kappa shape index (κ3) is 13.1. The number of rotatable bonds is 15. The molecule has 1 atom stereocenters. The quantitative estimate of drug-likeness (QED) is 0.147. The van der Waals surface area contributed by atoms with Gasteiger partial charge in [-0.2, -0.15) is 5.26 Å². The van der Waals surface area contributed by atoms with Gasteiger partial charge in [0.1, 0.15) is 24.4 Å². The van der Waals surface area contributed by atoms with Gasteiger partial charge < -0.3 is 30.2 Å². The Labute approximate surface area is 206 Å². The highest BCUT2D eigenvalue weighted by Crippen LogP contribution is 2.27. The highest BCUT2D eigenvalue weighted by molar-refractivity contribution is 8.04. The SMILES string of the molecule is CNCCNC(=O)c1cccc(OC[C@](C)(OCCOCC(=O)NCC#CC(C)C)SC#N)c1. The van der Waals surface area contributed by atoms with Gasteiger partial charge in [0, 0.05) is 24.6 Å². The van der Waals surface area contributed by atoms with Crippen molar-refractivity contribution in [2.75, 3.05) is 53.1 Å². The maximum Gasteiger partial charge on any atom is 0.251 e. The smallest absolute Gasteiger partial charge is 0.251 e. The first-order valence-corrected chi connectivity index (χ1v) is 11.8. The van der Waals surface area contributed by atoms with E-state index in [0.717, 1.165) is 11.8 Å². The van der Waals surface area contributed by atoms with E-state index in [1.54, 1.807) is 31.2 Å². The Morgan fingerprint density at radius 1 is 1.21 bits per heavy atom. The predicted molar refractivity (Wildman–Crippen MR) is 132 cm³/mol. The summed E-state index contributed by atoms with van der Waals surface area (Å²) in [6.45, 7) is 7.47. The number of carbonyl (C=O) groups excluding carboxylic acids is 2. The predicted octanol–water partition coefficient (Wildman–Crippen LogP) is 1.75. The Kier molecular flexibility index (Phi) is 14.5. The minimum absolute atomic E-state index is 0.0745. The first-order valence-electron chi connectivity index (χ1n) is 11.0. The summed E-state index contributed by atoms with van der Waals surface area (Å²) >= 11 is 0.924. The monoisotopic (exact) mass is 490 g/mol. The maximum atomic E-state index is 12.2. The summed E-state index contributed by atoms with van der Waals surface area (Å²) < 4.78 is 16.9. The number of likely N-dealkylation sites (N-methyl/N-ethyl adjacent to an activating group) is 1. The maximum absolute atomic E-state index is 12.2. The van der Waals surface area contributed by atoms with Crippen molar-refractivity contribution in [1.82, 2.24) is 16.0 Å². The van der Waals surface area contributed by atoms with Crippen LogP contribution in [0.2, 0.25) is 0 Å². The van der Waals surface area contributed by atoms with E-state index in [-0.39, 0.29) is 50.7 Å². The van der Waals surface area contributed by atoms with Gasteiger partial charge in [-0.05, 0) is 43.9 Å². The zero-order chi connectivity index (χ0) is 25.2. The lowest BCUT2D eigenvalue weighted by atomic mass is 10.2. The summed E-state index contributed by atoms with van der Waals surface area (Å²) in [4.78, 5) is 23.0. The molecule has 1 aromatic carbocycles. The number of amides is 2. The highest BCUT2D eigenvalue weighted by atomic mass is 32.2. The number of nitrogens with zero attached hydrogens (tertiary/aromatic N) is 1. The number of carbonyl (C=O) groups is 2. The van der Waals surface area contributed by atoms with E-state index in [1.807, 2.05) is 26.3 Å². The molecule has 1 rings (SSSR count). The fraction of sp³-hybridized carbons (Fsp3) is 0.542. The van der Waals surface area contributed by atoms with Gasteiger partial charge in [0.25, 0.3) is 5.91 Å². The van der Waals surface area contributed by atoms with Crippen LogP contribution in [0.15, 0.2) is 24.3 Å². The van der Waals surface area contributed by atoms with Gasteiger partial charge in [0.2, 0.25) is 5.91 Å². The summed E-state index contributed by atoms with van der Waals surface area (Å²) in [5.74, 6) is 6.12. The highest BCUT2D eigenvalue weighted by Gasteiger charge is 2.28. The minimum Gasteiger partial charge on any atom is -0.490 e. The molecule has 9 nitrogen and oxygen atoms in total. The summed E-state index contributed by atoms with van der Waals surface area (Å²) in [5, 5.41) is 19.6. The fourth-order valence-electron chi connectivity index (χ4n) is 2.47. The molecule has 0 aliphatic heterocycles. The molecule has 0 bridgehead atoms. The van der Waals surface area contributed by atoms with Crippen molar-refractivity contribution < 1.29 is 23.8 Å². The average molecular weight is 491 g/mol. The summed E-state index contributed by atoms with van der Waals surface area (Å²) in [6, 6.07) is 6.80. The van der Waals surface area contributed by atoms with Gasteiger partial charge in [0.15, 0.2) is 4.93 Å². The van der Waals surface area contributed by atoms with Crippen molar-refractivity contribution >= 4 is 23.6 Å². The lowest BCUT2D eigenvalue weighted by Gasteiger charge is -2.26. The fourth-order valence-corrected chi connectivity index (χ4v) is 2.93. The molecule has 1 aromatic rings. The van der Waals surface area contributed by atoms with Crippen molar-refractivity contribution in [1.29, 1.82) is 5.26 Å². The number of hydrogen-bond donors (Lipinski definition) is 3. The van der Waals surface area contributed by atoms with E-state index in [4.69, 9.17) is 19.5 Å². The molecule has 0 aromatic heterocycles. The Hall–Kier alpha value is -2.76. The van der Waals surface area contributed by atoms with Gasteiger partial charge in [0.05, 0.1) is 19.8 Å². The van der Waals surface area contributed by atoms with Crippen molar-refractivity contribution in [3.8, 4) is 23.0 Å². The van der Waals surface area contributed by atoms with Gasteiger partial charge in [-0.15, -0.1) is 0 Å². The molecule has 0 aliphatic carbocycles. The van der Waals surface area contributed by atoms with Crippen LogP contribution >= 0.6 is 11.8 Å². The van der Waals surface area contributed by atoms with Crippen LogP contribution in [-0.4, -0.2) is 69.9 Å². The number of benzene rings is 1. The van der Waals surface area contributed by atoms with Gasteiger partial charge >= 0.3 is 0 Å². The lowest BCUT2D eigenvalue weighted by molar-refractivity contribution is -0.126. The Morgan fingerprint density at radius 3 is 2.71 bits per heavy atom. The molecule has 34 heavy (non-hydrogen) atoms. The average Bonchev–Trinajstić information content (AvgIpc) is 2.81. The molecule has 0 unspecified atom stereocenters. The van der Waals surface area contributed by atoms with Gasteiger partial charge in [-0.3, -0.25) is 9.59 Å². The van der Waals surface area contributed by atoms with Crippen LogP contribution in [0.5, 0.6) is 5.75 Å². The largest absolute Gasteiger partial charge is 0.490 e. The molecular weight excluding hydrogens is 456 g/mol. The van der Waals surface area contributed by atoms with Gasteiger partial charge in [-0.1, -0.05) is 31.8 Å². The molecule has 2 amide bonds. The second-order valence-corrected chi connectivity index (χ2v) is 8.91. The second kappa shape index (κ2) is 16.8.